The van der Waals surface area contributed by atoms with Crippen molar-refractivity contribution in [3.8, 4) is 5.75 Å². The Hall–Kier alpha value is -1.19. The molecule has 1 aromatic heterocycles. The number of nitrogens with one attached hydrogen (secondary N) is 1. The highest BCUT2D eigenvalue weighted by Crippen LogP contribution is 2.33. The van der Waals surface area contributed by atoms with E-state index in [1.807, 2.05) is 19.2 Å². The van der Waals surface area contributed by atoms with Gasteiger partial charge in [0.2, 0.25) is 0 Å². The van der Waals surface area contributed by atoms with E-state index < -0.39 is 0 Å². The molecule has 0 atom stereocenters. The molecule has 0 saturated heterocycles. The summed E-state index contributed by atoms with van der Waals surface area (Å²) in [6, 6.07) is 6.36. The summed E-state index contributed by atoms with van der Waals surface area (Å²) >= 11 is 6.24. The summed E-state index contributed by atoms with van der Waals surface area (Å²) < 4.78 is 7.54. The van der Waals surface area contributed by atoms with Crippen LogP contribution in [0.2, 0.25) is 5.02 Å². The minimum atomic E-state index is 0.459. The SMILES string of the molecule is COc1ccc(Cl)c2cc(CNC(C)C)n(C)c12. The number of methoxy groups -OCH3 is 1. The summed E-state index contributed by atoms with van der Waals surface area (Å²) in [5.74, 6) is 0.854. The fourth-order valence-corrected chi connectivity index (χ4v) is 2.30. The number of aryl methyl sites for hydroxylation is 1. The molecule has 1 aromatic carbocycles. The Morgan fingerprint density at radius 1 is 1.39 bits per heavy atom. The molecule has 4 heteroatoms. The lowest BCUT2D eigenvalue weighted by atomic mass is 10.2. The quantitative estimate of drug-likeness (QED) is 0.919. The van der Waals surface area contributed by atoms with Crippen molar-refractivity contribution in [3.05, 3.63) is 28.9 Å². The molecule has 0 aliphatic carbocycles. The van der Waals surface area contributed by atoms with Crippen LogP contribution in [-0.2, 0) is 13.6 Å². The van der Waals surface area contributed by atoms with E-state index in [9.17, 15) is 0 Å². The molecular weight excluding hydrogens is 248 g/mol. The van der Waals surface area contributed by atoms with E-state index in [1.54, 1.807) is 7.11 Å². The Labute approximate surface area is 113 Å². The minimum Gasteiger partial charge on any atom is -0.495 e. The van der Waals surface area contributed by atoms with Crippen molar-refractivity contribution in [1.29, 1.82) is 0 Å². The van der Waals surface area contributed by atoms with Crippen molar-refractivity contribution < 1.29 is 4.74 Å². The number of nitrogens with zero attached hydrogens (tertiary/aromatic N) is 1. The molecule has 0 unspecified atom stereocenters. The van der Waals surface area contributed by atoms with Crippen LogP contribution >= 0.6 is 11.6 Å². The third-order valence-electron chi connectivity index (χ3n) is 3.12. The molecule has 1 N–H and O–H groups in total. The van der Waals surface area contributed by atoms with Gasteiger partial charge in [-0.25, -0.2) is 0 Å². The molecule has 3 nitrogen and oxygen atoms in total. The number of halogens is 1. The first-order valence-electron chi connectivity index (χ1n) is 6.08. The lowest BCUT2D eigenvalue weighted by molar-refractivity contribution is 0.417. The van der Waals surface area contributed by atoms with Gasteiger partial charge in [0.1, 0.15) is 5.75 Å². The molecule has 0 radical (unpaired) electrons. The van der Waals surface area contributed by atoms with Gasteiger partial charge in [-0.2, -0.15) is 0 Å². The maximum Gasteiger partial charge on any atom is 0.143 e. The van der Waals surface area contributed by atoms with Gasteiger partial charge in [-0.3, -0.25) is 0 Å². The molecule has 2 rings (SSSR count). The molecular formula is C14H19ClN2O. The normalized spacial score (nSPS) is 11.4. The first kappa shape index (κ1) is 13.2. The Morgan fingerprint density at radius 2 is 2.11 bits per heavy atom. The Bertz CT molecular complexity index is 560. The minimum absolute atomic E-state index is 0.459. The monoisotopic (exact) mass is 266 g/mol. The standard InChI is InChI=1S/C14H19ClN2O/c1-9(2)16-8-10-7-11-12(15)5-6-13(18-4)14(11)17(10)3/h5-7,9,16H,8H2,1-4H3. The number of aromatic nitrogens is 1. The van der Waals surface area contributed by atoms with Crippen LogP contribution in [0.5, 0.6) is 5.75 Å². The third kappa shape index (κ3) is 2.33. The molecule has 0 bridgehead atoms. The predicted octanol–water partition coefficient (Wildman–Crippen LogP) is 3.34. The van der Waals surface area contributed by atoms with Crippen LogP contribution in [0.25, 0.3) is 10.9 Å². The van der Waals surface area contributed by atoms with E-state index >= 15 is 0 Å². The highest BCUT2D eigenvalue weighted by Gasteiger charge is 2.13. The van der Waals surface area contributed by atoms with E-state index in [0.717, 1.165) is 28.2 Å². The van der Waals surface area contributed by atoms with E-state index in [-0.39, 0.29) is 0 Å². The van der Waals surface area contributed by atoms with Crippen LogP contribution in [-0.4, -0.2) is 17.7 Å². The molecule has 0 aliphatic heterocycles. The lowest BCUT2D eigenvalue weighted by Gasteiger charge is -2.10. The number of rotatable bonds is 4. The van der Waals surface area contributed by atoms with Crippen LogP contribution in [0.3, 0.4) is 0 Å². The summed E-state index contributed by atoms with van der Waals surface area (Å²) in [6.07, 6.45) is 0. The molecule has 0 saturated carbocycles. The summed E-state index contributed by atoms with van der Waals surface area (Å²) in [5, 5.41) is 5.22. The van der Waals surface area contributed by atoms with Gasteiger partial charge >= 0.3 is 0 Å². The fourth-order valence-electron chi connectivity index (χ4n) is 2.10. The summed E-state index contributed by atoms with van der Waals surface area (Å²) in [4.78, 5) is 0. The lowest BCUT2D eigenvalue weighted by Crippen LogP contribution is -2.23. The second-order valence-corrected chi connectivity index (χ2v) is 5.15. The van der Waals surface area contributed by atoms with Gasteiger partial charge < -0.3 is 14.6 Å². The van der Waals surface area contributed by atoms with E-state index in [1.165, 1.54) is 5.69 Å². The van der Waals surface area contributed by atoms with Crippen molar-refractivity contribution in [1.82, 2.24) is 9.88 Å². The number of hydrogen-bond donors (Lipinski definition) is 1. The van der Waals surface area contributed by atoms with Gasteiger partial charge in [0.05, 0.1) is 17.6 Å². The second kappa shape index (κ2) is 5.21. The van der Waals surface area contributed by atoms with E-state index in [0.29, 0.717) is 6.04 Å². The van der Waals surface area contributed by atoms with Crippen molar-refractivity contribution in [3.63, 3.8) is 0 Å². The smallest absolute Gasteiger partial charge is 0.143 e. The number of hydrogen-bond acceptors (Lipinski definition) is 2. The number of ether oxygens (including phenoxy) is 1. The topological polar surface area (TPSA) is 26.2 Å². The molecule has 1 heterocycles. The molecule has 0 amide bonds. The first-order chi connectivity index (χ1) is 8.54. The Kier molecular flexibility index (Phi) is 3.83. The van der Waals surface area contributed by atoms with Crippen molar-refractivity contribution in [2.45, 2.75) is 26.4 Å². The number of fused-ring (bicyclic) bond motifs is 1. The van der Waals surface area contributed by atoms with Gasteiger partial charge in [0, 0.05) is 30.7 Å². The summed E-state index contributed by atoms with van der Waals surface area (Å²) in [5.41, 5.74) is 2.25. The van der Waals surface area contributed by atoms with Gasteiger partial charge in [-0.1, -0.05) is 25.4 Å². The molecule has 0 spiro atoms. The average Bonchev–Trinajstić information content (AvgIpc) is 2.66. The third-order valence-corrected chi connectivity index (χ3v) is 3.44. The highest BCUT2D eigenvalue weighted by molar-refractivity contribution is 6.35. The Balaban J connectivity index is 2.51. The number of benzene rings is 1. The maximum absolute atomic E-state index is 6.24. The zero-order valence-electron chi connectivity index (χ0n) is 11.2. The second-order valence-electron chi connectivity index (χ2n) is 4.74. The summed E-state index contributed by atoms with van der Waals surface area (Å²) in [6.45, 7) is 5.09. The van der Waals surface area contributed by atoms with Gasteiger partial charge in [0.25, 0.3) is 0 Å². The van der Waals surface area contributed by atoms with Crippen molar-refractivity contribution >= 4 is 22.5 Å². The van der Waals surface area contributed by atoms with E-state index in [4.69, 9.17) is 16.3 Å². The maximum atomic E-state index is 6.24. The predicted molar refractivity (Wildman–Crippen MR) is 76.5 cm³/mol. The van der Waals surface area contributed by atoms with Gasteiger partial charge in [-0.15, -0.1) is 0 Å². The molecule has 18 heavy (non-hydrogen) atoms. The summed E-state index contributed by atoms with van der Waals surface area (Å²) in [7, 11) is 3.72. The van der Waals surface area contributed by atoms with Crippen LogP contribution < -0.4 is 10.1 Å². The van der Waals surface area contributed by atoms with Crippen LogP contribution in [0, 0.1) is 0 Å². The average molecular weight is 267 g/mol. The van der Waals surface area contributed by atoms with Crippen LogP contribution in [0.15, 0.2) is 18.2 Å². The molecule has 0 fully saturated rings. The molecule has 98 valence electrons. The van der Waals surface area contributed by atoms with Crippen molar-refractivity contribution in [2.24, 2.45) is 7.05 Å². The van der Waals surface area contributed by atoms with Crippen LogP contribution in [0.1, 0.15) is 19.5 Å². The van der Waals surface area contributed by atoms with Gasteiger partial charge in [-0.05, 0) is 18.2 Å². The highest BCUT2D eigenvalue weighted by atomic mass is 35.5. The zero-order chi connectivity index (χ0) is 13.3. The van der Waals surface area contributed by atoms with Crippen LogP contribution in [0.4, 0.5) is 0 Å². The fraction of sp³-hybridized carbons (Fsp3) is 0.429. The van der Waals surface area contributed by atoms with Gasteiger partial charge in [0.15, 0.2) is 0 Å². The molecule has 2 aromatic rings. The Morgan fingerprint density at radius 3 is 2.72 bits per heavy atom. The van der Waals surface area contributed by atoms with E-state index in [2.05, 4.69) is 29.8 Å². The molecule has 0 aliphatic rings. The first-order valence-corrected chi connectivity index (χ1v) is 6.46. The largest absolute Gasteiger partial charge is 0.495 e. The zero-order valence-corrected chi connectivity index (χ0v) is 12.0. The van der Waals surface area contributed by atoms with Crippen molar-refractivity contribution in [2.75, 3.05) is 7.11 Å².